The lowest BCUT2D eigenvalue weighted by atomic mass is 10.1. The SMILES string of the molecule is O=C(O)NCc1nc2ccc(CCO)cc2s1. The summed E-state index contributed by atoms with van der Waals surface area (Å²) in [5.41, 5.74) is 1.92. The number of thiazole rings is 1. The first kappa shape index (κ1) is 11.8. The fourth-order valence-corrected chi connectivity index (χ4v) is 2.50. The molecule has 2 aromatic rings. The van der Waals surface area contributed by atoms with E-state index >= 15 is 0 Å². The van der Waals surface area contributed by atoms with Gasteiger partial charge < -0.3 is 15.5 Å². The molecular weight excluding hydrogens is 240 g/mol. The Hall–Kier alpha value is -1.66. The molecule has 90 valence electrons. The summed E-state index contributed by atoms with van der Waals surface area (Å²) in [5, 5.41) is 20.4. The van der Waals surface area contributed by atoms with E-state index in [9.17, 15) is 4.79 Å². The van der Waals surface area contributed by atoms with Crippen LogP contribution in [-0.2, 0) is 13.0 Å². The lowest BCUT2D eigenvalue weighted by molar-refractivity contribution is 0.194. The van der Waals surface area contributed by atoms with Crippen LogP contribution in [0.3, 0.4) is 0 Å². The quantitative estimate of drug-likeness (QED) is 0.771. The molecule has 6 heteroatoms. The minimum Gasteiger partial charge on any atom is -0.465 e. The number of hydrogen-bond donors (Lipinski definition) is 3. The van der Waals surface area contributed by atoms with E-state index in [0.717, 1.165) is 20.8 Å². The average Bonchev–Trinajstić information content (AvgIpc) is 2.69. The van der Waals surface area contributed by atoms with Gasteiger partial charge in [0.1, 0.15) is 5.01 Å². The van der Waals surface area contributed by atoms with Crippen LogP contribution < -0.4 is 5.32 Å². The first-order chi connectivity index (χ1) is 8.19. The average molecular weight is 252 g/mol. The van der Waals surface area contributed by atoms with Gasteiger partial charge in [-0.15, -0.1) is 11.3 Å². The minimum absolute atomic E-state index is 0.123. The molecule has 0 bridgehead atoms. The molecule has 1 aromatic heterocycles. The van der Waals surface area contributed by atoms with E-state index in [1.54, 1.807) is 0 Å². The molecule has 2 rings (SSSR count). The molecule has 1 aromatic carbocycles. The molecule has 5 nitrogen and oxygen atoms in total. The molecule has 0 aliphatic carbocycles. The van der Waals surface area contributed by atoms with E-state index in [1.807, 2.05) is 18.2 Å². The second-order valence-corrected chi connectivity index (χ2v) is 4.66. The van der Waals surface area contributed by atoms with Gasteiger partial charge in [0, 0.05) is 6.61 Å². The smallest absolute Gasteiger partial charge is 0.405 e. The highest BCUT2D eigenvalue weighted by molar-refractivity contribution is 7.18. The van der Waals surface area contributed by atoms with Crippen LogP contribution in [0.5, 0.6) is 0 Å². The summed E-state index contributed by atoms with van der Waals surface area (Å²) in [7, 11) is 0. The maximum atomic E-state index is 10.4. The zero-order valence-electron chi connectivity index (χ0n) is 9.01. The summed E-state index contributed by atoms with van der Waals surface area (Å²) in [6.45, 7) is 0.349. The summed E-state index contributed by atoms with van der Waals surface area (Å²) in [6, 6.07) is 5.79. The van der Waals surface area contributed by atoms with E-state index in [0.29, 0.717) is 6.42 Å². The van der Waals surface area contributed by atoms with Crippen molar-refractivity contribution in [1.29, 1.82) is 0 Å². The Morgan fingerprint density at radius 2 is 2.29 bits per heavy atom. The Balaban J connectivity index is 2.21. The number of aromatic nitrogens is 1. The highest BCUT2D eigenvalue weighted by Gasteiger charge is 2.05. The number of aliphatic hydroxyl groups is 1. The number of carboxylic acid groups (broad SMARTS) is 1. The monoisotopic (exact) mass is 252 g/mol. The van der Waals surface area contributed by atoms with Gasteiger partial charge in [-0.1, -0.05) is 6.07 Å². The maximum Gasteiger partial charge on any atom is 0.405 e. The molecule has 0 atom stereocenters. The second kappa shape index (κ2) is 5.11. The van der Waals surface area contributed by atoms with Crippen molar-refractivity contribution in [3.63, 3.8) is 0 Å². The molecule has 3 N–H and O–H groups in total. The van der Waals surface area contributed by atoms with Crippen molar-refractivity contribution in [3.8, 4) is 0 Å². The number of aliphatic hydroxyl groups excluding tert-OH is 1. The van der Waals surface area contributed by atoms with Crippen molar-refractivity contribution >= 4 is 27.6 Å². The lowest BCUT2D eigenvalue weighted by Crippen LogP contribution is -2.19. The molecule has 17 heavy (non-hydrogen) atoms. The number of benzene rings is 1. The minimum atomic E-state index is -1.05. The molecule has 0 aliphatic rings. The van der Waals surface area contributed by atoms with Crippen molar-refractivity contribution in [3.05, 3.63) is 28.8 Å². The largest absolute Gasteiger partial charge is 0.465 e. The number of carbonyl (C=O) groups is 1. The van der Waals surface area contributed by atoms with Crippen LogP contribution in [0.4, 0.5) is 4.79 Å². The number of nitrogens with zero attached hydrogens (tertiary/aromatic N) is 1. The summed E-state index contributed by atoms with van der Waals surface area (Å²) >= 11 is 1.46. The molecule has 0 aliphatic heterocycles. The highest BCUT2D eigenvalue weighted by atomic mass is 32.1. The second-order valence-electron chi connectivity index (χ2n) is 3.54. The van der Waals surface area contributed by atoms with Gasteiger partial charge in [-0.2, -0.15) is 0 Å². The zero-order valence-corrected chi connectivity index (χ0v) is 9.83. The number of nitrogens with one attached hydrogen (secondary N) is 1. The Bertz CT molecular complexity index is 538. The zero-order chi connectivity index (χ0) is 12.3. The lowest BCUT2D eigenvalue weighted by Gasteiger charge is -1.96. The van der Waals surface area contributed by atoms with Gasteiger partial charge in [-0.25, -0.2) is 9.78 Å². The first-order valence-electron chi connectivity index (χ1n) is 5.15. The van der Waals surface area contributed by atoms with Crippen LogP contribution in [0.1, 0.15) is 10.6 Å². The third kappa shape index (κ3) is 2.92. The molecular formula is C11H12N2O3S. The van der Waals surface area contributed by atoms with E-state index < -0.39 is 6.09 Å². The third-order valence-electron chi connectivity index (χ3n) is 2.29. The standard InChI is InChI=1S/C11H12N2O3S/c14-4-3-7-1-2-8-9(5-7)17-10(13-8)6-12-11(15)16/h1-2,5,12,14H,3-4,6H2,(H,15,16). The number of fused-ring (bicyclic) bond motifs is 1. The van der Waals surface area contributed by atoms with E-state index in [1.165, 1.54) is 11.3 Å². The molecule has 0 saturated carbocycles. The Morgan fingerprint density at radius 3 is 3.00 bits per heavy atom. The maximum absolute atomic E-state index is 10.4. The van der Waals surface area contributed by atoms with Crippen molar-refractivity contribution in [2.24, 2.45) is 0 Å². The molecule has 0 fully saturated rings. The molecule has 1 heterocycles. The number of hydrogen-bond acceptors (Lipinski definition) is 4. The molecule has 1 amide bonds. The van der Waals surface area contributed by atoms with Crippen molar-refractivity contribution in [2.45, 2.75) is 13.0 Å². The summed E-state index contributed by atoms with van der Waals surface area (Å²) in [5.74, 6) is 0. The van der Waals surface area contributed by atoms with Crippen molar-refractivity contribution in [2.75, 3.05) is 6.61 Å². The fraction of sp³-hybridized carbons (Fsp3) is 0.273. The third-order valence-corrected chi connectivity index (χ3v) is 3.31. The molecule has 0 saturated heterocycles. The van der Waals surface area contributed by atoms with Gasteiger partial charge in [0.25, 0.3) is 0 Å². The van der Waals surface area contributed by atoms with Gasteiger partial charge in [-0.3, -0.25) is 0 Å². The first-order valence-corrected chi connectivity index (χ1v) is 5.96. The fourth-order valence-electron chi connectivity index (χ4n) is 1.53. The Morgan fingerprint density at radius 1 is 1.47 bits per heavy atom. The molecule has 0 unspecified atom stereocenters. The van der Waals surface area contributed by atoms with Crippen molar-refractivity contribution in [1.82, 2.24) is 10.3 Å². The van der Waals surface area contributed by atoms with Gasteiger partial charge in [0.2, 0.25) is 0 Å². The van der Waals surface area contributed by atoms with Gasteiger partial charge in [0.05, 0.1) is 16.8 Å². The molecule has 0 spiro atoms. The van der Waals surface area contributed by atoms with Crippen molar-refractivity contribution < 1.29 is 15.0 Å². The summed E-state index contributed by atoms with van der Waals surface area (Å²) in [4.78, 5) is 14.7. The van der Waals surface area contributed by atoms with E-state index in [-0.39, 0.29) is 13.2 Å². The number of amides is 1. The Kier molecular flexibility index (Phi) is 3.55. The topological polar surface area (TPSA) is 82.5 Å². The summed E-state index contributed by atoms with van der Waals surface area (Å²) in [6.07, 6.45) is -0.429. The van der Waals surface area contributed by atoms with Crippen LogP contribution >= 0.6 is 11.3 Å². The van der Waals surface area contributed by atoms with Crippen LogP contribution in [-0.4, -0.2) is 27.9 Å². The summed E-state index contributed by atoms with van der Waals surface area (Å²) < 4.78 is 1.01. The molecule has 0 radical (unpaired) electrons. The predicted molar refractivity (Wildman–Crippen MR) is 65.3 cm³/mol. The predicted octanol–water partition coefficient (Wildman–Crippen LogP) is 1.60. The van der Waals surface area contributed by atoms with Crippen LogP contribution in [0.2, 0.25) is 0 Å². The van der Waals surface area contributed by atoms with Crippen LogP contribution in [0, 0.1) is 0 Å². The van der Waals surface area contributed by atoms with Gasteiger partial charge >= 0.3 is 6.09 Å². The van der Waals surface area contributed by atoms with E-state index in [4.69, 9.17) is 10.2 Å². The number of rotatable bonds is 4. The Labute approximate surface area is 102 Å². The van der Waals surface area contributed by atoms with Gasteiger partial charge in [-0.05, 0) is 24.1 Å². The van der Waals surface area contributed by atoms with E-state index in [2.05, 4.69) is 10.3 Å². The van der Waals surface area contributed by atoms with Crippen LogP contribution in [0.15, 0.2) is 18.2 Å². The van der Waals surface area contributed by atoms with Gasteiger partial charge in [0.15, 0.2) is 0 Å². The highest BCUT2D eigenvalue weighted by Crippen LogP contribution is 2.23. The van der Waals surface area contributed by atoms with Crippen LogP contribution in [0.25, 0.3) is 10.2 Å². The normalized spacial score (nSPS) is 10.6.